The van der Waals surface area contributed by atoms with Crippen molar-refractivity contribution in [2.24, 2.45) is 0 Å². The molecule has 1 heterocycles. The van der Waals surface area contributed by atoms with E-state index < -0.39 is 0 Å². The Morgan fingerprint density at radius 2 is 1.65 bits per heavy atom. The lowest BCUT2D eigenvalue weighted by Crippen LogP contribution is -2.27. The first-order valence-corrected chi connectivity index (χ1v) is 13.3. The van der Waals surface area contributed by atoms with Crippen LogP contribution in [0.5, 0.6) is 0 Å². The molecule has 0 radical (unpaired) electrons. The van der Waals surface area contributed by atoms with E-state index in [4.69, 9.17) is 0 Å². The second-order valence-corrected chi connectivity index (χ2v) is 10.2. The lowest BCUT2D eigenvalue weighted by molar-refractivity contribution is -0.113. The van der Waals surface area contributed by atoms with Gasteiger partial charge in [0.2, 0.25) is 5.91 Å². The van der Waals surface area contributed by atoms with Crippen molar-refractivity contribution in [2.45, 2.75) is 25.3 Å². The highest BCUT2D eigenvalue weighted by molar-refractivity contribution is 8.00. The molecular weight excluding hydrogens is 478 g/mol. The minimum atomic E-state index is -0.0834. The molecule has 5 nitrogen and oxygen atoms in total. The minimum absolute atomic E-state index is 0.0295. The Morgan fingerprint density at radius 3 is 2.51 bits per heavy atom. The molecule has 186 valence electrons. The third kappa shape index (κ3) is 5.70. The number of anilines is 1. The largest absolute Gasteiger partial charge is 0.350 e. The predicted molar refractivity (Wildman–Crippen MR) is 153 cm³/mol. The van der Waals surface area contributed by atoms with Crippen LogP contribution in [-0.4, -0.2) is 28.7 Å². The van der Waals surface area contributed by atoms with E-state index in [2.05, 4.69) is 33.5 Å². The number of para-hydroxylation sites is 1. The van der Waals surface area contributed by atoms with Gasteiger partial charge in [-0.25, -0.2) is 0 Å². The highest BCUT2D eigenvalue weighted by Gasteiger charge is 2.12. The molecule has 6 heteroatoms. The fourth-order valence-corrected chi connectivity index (χ4v) is 5.32. The molecule has 2 N–H and O–H groups in total. The Hall–Kier alpha value is -4.03. The van der Waals surface area contributed by atoms with Crippen LogP contribution < -0.4 is 10.6 Å². The SMILES string of the molecule is Cc1ccc(C)c(NC(=O)CSc2cn(CCNC(=O)c3ccc4ccccc4c3)c3ccccc23)c1. The first kappa shape index (κ1) is 24.7. The zero-order valence-electron chi connectivity index (χ0n) is 21.0. The number of nitrogens with zero attached hydrogens (tertiary/aromatic N) is 1. The van der Waals surface area contributed by atoms with E-state index in [0.29, 0.717) is 24.4 Å². The van der Waals surface area contributed by atoms with Crippen LogP contribution in [0.25, 0.3) is 21.7 Å². The molecule has 0 spiro atoms. The van der Waals surface area contributed by atoms with Crippen LogP contribution >= 0.6 is 11.8 Å². The van der Waals surface area contributed by atoms with Crippen LogP contribution in [-0.2, 0) is 11.3 Å². The number of aromatic nitrogens is 1. The number of hydrogen-bond donors (Lipinski definition) is 2. The normalized spacial score (nSPS) is 11.1. The molecule has 0 saturated heterocycles. The Bertz CT molecular complexity index is 1610. The molecule has 1 aromatic heterocycles. The third-order valence-corrected chi connectivity index (χ3v) is 7.47. The molecule has 0 aliphatic carbocycles. The molecule has 0 unspecified atom stereocenters. The summed E-state index contributed by atoms with van der Waals surface area (Å²) in [5, 5.41) is 9.35. The van der Waals surface area contributed by atoms with Crippen molar-refractivity contribution in [3.05, 3.63) is 108 Å². The quantitative estimate of drug-likeness (QED) is 0.234. The number of rotatable bonds is 8. The van der Waals surface area contributed by atoms with E-state index in [1.165, 1.54) is 11.8 Å². The smallest absolute Gasteiger partial charge is 0.251 e. The van der Waals surface area contributed by atoms with E-state index in [1.807, 2.05) is 86.6 Å². The molecule has 4 aromatic carbocycles. The molecule has 0 aliphatic heterocycles. The Balaban J connectivity index is 1.22. The molecule has 0 fully saturated rings. The maximum atomic E-state index is 12.8. The van der Waals surface area contributed by atoms with Crippen molar-refractivity contribution >= 4 is 50.9 Å². The first-order valence-electron chi connectivity index (χ1n) is 12.3. The maximum Gasteiger partial charge on any atom is 0.251 e. The number of nitrogens with one attached hydrogen (secondary N) is 2. The van der Waals surface area contributed by atoms with Crippen molar-refractivity contribution in [2.75, 3.05) is 17.6 Å². The van der Waals surface area contributed by atoms with Gasteiger partial charge in [0.25, 0.3) is 5.91 Å². The zero-order chi connectivity index (χ0) is 25.8. The molecule has 5 aromatic rings. The highest BCUT2D eigenvalue weighted by Crippen LogP contribution is 2.30. The number of amides is 2. The van der Waals surface area contributed by atoms with Crippen molar-refractivity contribution in [1.29, 1.82) is 0 Å². The summed E-state index contributed by atoms with van der Waals surface area (Å²) in [5.41, 5.74) is 4.76. The molecule has 0 atom stereocenters. The van der Waals surface area contributed by atoms with Gasteiger partial charge in [0.05, 0.1) is 5.75 Å². The van der Waals surface area contributed by atoms with Gasteiger partial charge in [-0.05, 0) is 60.0 Å². The number of carbonyl (C=O) groups excluding carboxylic acids is 2. The number of benzene rings is 4. The number of fused-ring (bicyclic) bond motifs is 2. The van der Waals surface area contributed by atoms with Gasteiger partial charge in [-0.15, -0.1) is 11.8 Å². The zero-order valence-corrected chi connectivity index (χ0v) is 21.8. The van der Waals surface area contributed by atoms with Crippen molar-refractivity contribution < 1.29 is 9.59 Å². The van der Waals surface area contributed by atoms with Crippen LogP contribution in [0, 0.1) is 13.8 Å². The lowest BCUT2D eigenvalue weighted by Gasteiger charge is -2.09. The Kier molecular flexibility index (Phi) is 7.28. The van der Waals surface area contributed by atoms with E-state index in [-0.39, 0.29) is 11.8 Å². The summed E-state index contributed by atoms with van der Waals surface area (Å²) in [5.74, 6) is 0.207. The summed E-state index contributed by atoms with van der Waals surface area (Å²) < 4.78 is 2.14. The van der Waals surface area contributed by atoms with Gasteiger partial charge in [0.1, 0.15) is 0 Å². The summed E-state index contributed by atoms with van der Waals surface area (Å²) in [6.07, 6.45) is 2.07. The summed E-state index contributed by atoms with van der Waals surface area (Å²) >= 11 is 1.53. The monoisotopic (exact) mass is 507 g/mol. The van der Waals surface area contributed by atoms with Gasteiger partial charge in [-0.2, -0.15) is 0 Å². The van der Waals surface area contributed by atoms with Crippen molar-refractivity contribution in [3.63, 3.8) is 0 Å². The van der Waals surface area contributed by atoms with Gasteiger partial charge in [-0.3, -0.25) is 9.59 Å². The van der Waals surface area contributed by atoms with Gasteiger partial charge >= 0.3 is 0 Å². The van der Waals surface area contributed by atoms with Crippen molar-refractivity contribution in [3.8, 4) is 0 Å². The molecule has 2 amide bonds. The molecule has 0 bridgehead atoms. The Labute approximate surface area is 220 Å². The first-order chi connectivity index (χ1) is 18.0. The van der Waals surface area contributed by atoms with Crippen LogP contribution in [0.15, 0.2) is 96.0 Å². The number of hydrogen-bond acceptors (Lipinski definition) is 3. The second-order valence-electron chi connectivity index (χ2n) is 9.18. The van der Waals surface area contributed by atoms with Gasteiger partial charge in [0.15, 0.2) is 0 Å². The maximum absolute atomic E-state index is 12.8. The van der Waals surface area contributed by atoms with E-state index >= 15 is 0 Å². The van der Waals surface area contributed by atoms with Crippen LogP contribution in [0.4, 0.5) is 5.69 Å². The molecule has 37 heavy (non-hydrogen) atoms. The standard InChI is InChI=1S/C31H29N3O2S/c1-21-11-12-22(2)27(17-21)33-30(35)20-37-29-19-34(28-10-6-5-9-26(28)29)16-15-32-31(36)25-14-13-23-7-3-4-8-24(23)18-25/h3-14,17-19H,15-16,20H2,1-2H3,(H,32,36)(H,33,35). The average molecular weight is 508 g/mol. The molecule has 0 saturated carbocycles. The van der Waals surface area contributed by atoms with Crippen LogP contribution in [0.3, 0.4) is 0 Å². The number of aryl methyl sites for hydroxylation is 2. The Morgan fingerprint density at radius 1 is 0.865 bits per heavy atom. The van der Waals surface area contributed by atoms with Crippen LogP contribution in [0.1, 0.15) is 21.5 Å². The van der Waals surface area contributed by atoms with E-state index in [1.54, 1.807) is 0 Å². The topological polar surface area (TPSA) is 63.1 Å². The second kappa shape index (κ2) is 10.9. The highest BCUT2D eigenvalue weighted by atomic mass is 32.2. The van der Waals surface area contributed by atoms with Crippen LogP contribution in [0.2, 0.25) is 0 Å². The number of carbonyl (C=O) groups is 2. The lowest BCUT2D eigenvalue weighted by atomic mass is 10.1. The van der Waals surface area contributed by atoms with E-state index in [0.717, 1.165) is 43.4 Å². The summed E-state index contributed by atoms with van der Waals surface area (Å²) in [6, 6.07) is 28.0. The molecule has 0 aliphatic rings. The fourth-order valence-electron chi connectivity index (χ4n) is 4.44. The van der Waals surface area contributed by atoms with Gasteiger partial charge in [0, 0.05) is 46.3 Å². The summed E-state index contributed by atoms with van der Waals surface area (Å²) in [6.45, 7) is 5.15. The van der Waals surface area contributed by atoms with Crippen molar-refractivity contribution in [1.82, 2.24) is 9.88 Å². The predicted octanol–water partition coefficient (Wildman–Crippen LogP) is 6.57. The molecular formula is C31H29N3O2S. The van der Waals surface area contributed by atoms with E-state index in [9.17, 15) is 9.59 Å². The van der Waals surface area contributed by atoms with Gasteiger partial charge in [-0.1, -0.05) is 60.7 Å². The third-order valence-electron chi connectivity index (χ3n) is 6.43. The molecule has 5 rings (SSSR count). The average Bonchev–Trinajstić information content (AvgIpc) is 3.27. The fraction of sp³-hybridized carbons (Fsp3) is 0.161. The summed E-state index contributed by atoms with van der Waals surface area (Å²) in [4.78, 5) is 26.5. The number of thioether (sulfide) groups is 1. The van der Waals surface area contributed by atoms with Gasteiger partial charge < -0.3 is 15.2 Å². The summed E-state index contributed by atoms with van der Waals surface area (Å²) in [7, 11) is 0. The minimum Gasteiger partial charge on any atom is -0.350 e.